The summed E-state index contributed by atoms with van der Waals surface area (Å²) in [6.45, 7) is 0.0670. The number of aldehydes is 1. The van der Waals surface area contributed by atoms with Crippen LogP contribution < -0.4 is 5.73 Å². The van der Waals surface area contributed by atoms with Crippen LogP contribution in [-0.2, 0) is 11.3 Å². The summed E-state index contributed by atoms with van der Waals surface area (Å²) in [5, 5.41) is 4.70. The number of hydrogen-bond donors (Lipinski definition) is 1. The van der Waals surface area contributed by atoms with Crippen molar-refractivity contribution in [2.24, 2.45) is 5.73 Å². The second-order valence-corrected chi connectivity index (χ2v) is 4.42. The Kier molecular flexibility index (Phi) is 3.15. The normalized spacial score (nSPS) is 10.7. The third-order valence-electron chi connectivity index (χ3n) is 3.13. The maximum atomic E-state index is 11.5. The van der Waals surface area contributed by atoms with Gasteiger partial charge in [0.1, 0.15) is 12.6 Å². The van der Waals surface area contributed by atoms with E-state index in [-0.39, 0.29) is 12.2 Å². The van der Waals surface area contributed by atoms with E-state index in [4.69, 9.17) is 5.73 Å². The summed E-state index contributed by atoms with van der Waals surface area (Å²) in [6, 6.07) is 5.44. The number of nitrogens with zero attached hydrogens (tertiary/aromatic N) is 4. The Labute approximate surface area is 119 Å². The van der Waals surface area contributed by atoms with Gasteiger partial charge in [0.15, 0.2) is 5.69 Å². The van der Waals surface area contributed by atoms with Crippen molar-refractivity contribution >= 4 is 23.1 Å². The molecule has 0 saturated heterocycles. The topological polar surface area (TPSA) is 104 Å². The van der Waals surface area contributed by atoms with Gasteiger partial charge in [-0.3, -0.25) is 9.48 Å². The molecule has 0 unspecified atom stereocenters. The van der Waals surface area contributed by atoms with Crippen molar-refractivity contribution < 1.29 is 9.59 Å². The van der Waals surface area contributed by atoms with E-state index >= 15 is 0 Å². The van der Waals surface area contributed by atoms with Crippen molar-refractivity contribution in [3.63, 3.8) is 0 Å². The van der Waals surface area contributed by atoms with Gasteiger partial charge in [-0.2, -0.15) is 5.10 Å². The molecule has 1 amide bonds. The summed E-state index contributed by atoms with van der Waals surface area (Å²) < 4.78 is 1.45. The third-order valence-corrected chi connectivity index (χ3v) is 3.13. The van der Waals surface area contributed by atoms with Gasteiger partial charge in [0, 0.05) is 23.3 Å². The Hall–Kier alpha value is -3.09. The first kappa shape index (κ1) is 12.9. The van der Waals surface area contributed by atoms with Crippen LogP contribution in [0.25, 0.3) is 22.0 Å². The van der Waals surface area contributed by atoms with Crippen LogP contribution in [0.1, 0.15) is 10.5 Å². The molecule has 0 radical (unpaired) electrons. The summed E-state index contributed by atoms with van der Waals surface area (Å²) in [4.78, 5) is 30.1. The van der Waals surface area contributed by atoms with Gasteiger partial charge in [-0.25, -0.2) is 9.97 Å². The van der Waals surface area contributed by atoms with Gasteiger partial charge in [-0.05, 0) is 17.7 Å². The van der Waals surface area contributed by atoms with Crippen LogP contribution in [0.15, 0.2) is 36.9 Å². The van der Waals surface area contributed by atoms with Crippen molar-refractivity contribution in [1.82, 2.24) is 19.7 Å². The minimum absolute atomic E-state index is 0.0670. The van der Waals surface area contributed by atoms with Gasteiger partial charge in [-0.15, -0.1) is 0 Å². The Morgan fingerprint density at radius 1 is 1.24 bits per heavy atom. The van der Waals surface area contributed by atoms with Crippen LogP contribution in [-0.4, -0.2) is 31.9 Å². The van der Waals surface area contributed by atoms with E-state index in [0.717, 1.165) is 17.4 Å². The summed E-state index contributed by atoms with van der Waals surface area (Å²) in [6.07, 6.45) is 5.51. The Morgan fingerprint density at radius 3 is 2.67 bits per heavy atom. The number of carbonyl (C=O) groups excluding carboxylic acids is 2. The van der Waals surface area contributed by atoms with Crippen LogP contribution in [0.5, 0.6) is 0 Å². The summed E-state index contributed by atoms with van der Waals surface area (Å²) in [5.41, 5.74) is 7.83. The molecule has 0 atom stereocenters. The SMILES string of the molecule is NC(=O)c1nn(CC=O)c2ccc(-c3cncnc3)cc12. The van der Waals surface area contributed by atoms with Crippen LogP contribution in [0.3, 0.4) is 0 Å². The molecule has 0 aliphatic carbocycles. The van der Waals surface area contributed by atoms with Crippen molar-refractivity contribution in [2.75, 3.05) is 0 Å². The number of carbonyl (C=O) groups is 2. The summed E-state index contributed by atoms with van der Waals surface area (Å²) >= 11 is 0. The zero-order chi connectivity index (χ0) is 14.8. The molecule has 104 valence electrons. The lowest BCUT2D eigenvalue weighted by atomic mass is 10.1. The lowest BCUT2D eigenvalue weighted by molar-refractivity contribution is -0.108. The predicted molar refractivity (Wildman–Crippen MR) is 75.3 cm³/mol. The van der Waals surface area contributed by atoms with E-state index in [9.17, 15) is 9.59 Å². The van der Waals surface area contributed by atoms with Crippen LogP contribution in [0.4, 0.5) is 0 Å². The van der Waals surface area contributed by atoms with E-state index in [2.05, 4.69) is 15.1 Å². The maximum absolute atomic E-state index is 11.5. The van der Waals surface area contributed by atoms with E-state index in [1.54, 1.807) is 24.5 Å². The highest BCUT2D eigenvalue weighted by molar-refractivity contribution is 6.05. The molecule has 0 bridgehead atoms. The molecule has 1 aromatic carbocycles. The molecule has 7 heteroatoms. The van der Waals surface area contributed by atoms with Gasteiger partial charge >= 0.3 is 0 Å². The number of rotatable bonds is 4. The smallest absolute Gasteiger partial charge is 0.269 e. The molecule has 0 spiro atoms. The zero-order valence-electron chi connectivity index (χ0n) is 10.9. The van der Waals surface area contributed by atoms with E-state index in [0.29, 0.717) is 10.9 Å². The highest BCUT2D eigenvalue weighted by atomic mass is 16.1. The number of fused-ring (bicyclic) bond motifs is 1. The van der Waals surface area contributed by atoms with Gasteiger partial charge in [0.2, 0.25) is 0 Å². The molecule has 3 rings (SSSR count). The number of hydrogen-bond acceptors (Lipinski definition) is 5. The number of benzene rings is 1. The van der Waals surface area contributed by atoms with E-state index in [1.165, 1.54) is 11.0 Å². The lowest BCUT2D eigenvalue weighted by Gasteiger charge is -2.02. The number of aromatic nitrogens is 4. The largest absolute Gasteiger partial charge is 0.364 e. The van der Waals surface area contributed by atoms with Crippen molar-refractivity contribution in [1.29, 1.82) is 0 Å². The predicted octanol–water partition coefficient (Wildman–Crippen LogP) is 0.791. The van der Waals surface area contributed by atoms with Gasteiger partial charge in [-0.1, -0.05) is 6.07 Å². The Balaban J connectivity index is 2.23. The second kappa shape index (κ2) is 5.12. The molecule has 2 heterocycles. The summed E-state index contributed by atoms with van der Waals surface area (Å²) in [5.74, 6) is -0.633. The van der Waals surface area contributed by atoms with Crippen LogP contribution >= 0.6 is 0 Å². The molecule has 0 aliphatic heterocycles. The highest BCUT2D eigenvalue weighted by Crippen LogP contribution is 2.25. The molecule has 0 aliphatic rings. The van der Waals surface area contributed by atoms with Crippen LogP contribution in [0.2, 0.25) is 0 Å². The average molecular weight is 281 g/mol. The average Bonchev–Trinajstić information content (AvgIpc) is 2.87. The zero-order valence-corrected chi connectivity index (χ0v) is 10.9. The molecular formula is C14H11N5O2. The first-order chi connectivity index (χ1) is 10.2. The maximum Gasteiger partial charge on any atom is 0.269 e. The van der Waals surface area contributed by atoms with E-state index < -0.39 is 5.91 Å². The molecule has 0 saturated carbocycles. The highest BCUT2D eigenvalue weighted by Gasteiger charge is 2.15. The first-order valence-corrected chi connectivity index (χ1v) is 6.20. The van der Waals surface area contributed by atoms with Gasteiger partial charge in [0.25, 0.3) is 5.91 Å². The minimum atomic E-state index is -0.633. The number of primary amides is 1. The fourth-order valence-electron chi connectivity index (χ4n) is 2.20. The summed E-state index contributed by atoms with van der Waals surface area (Å²) in [7, 11) is 0. The molecule has 7 nitrogen and oxygen atoms in total. The molecule has 0 fully saturated rings. The Morgan fingerprint density at radius 2 is 2.00 bits per heavy atom. The van der Waals surface area contributed by atoms with Gasteiger partial charge in [0.05, 0.1) is 12.1 Å². The van der Waals surface area contributed by atoms with Crippen molar-refractivity contribution in [2.45, 2.75) is 6.54 Å². The van der Waals surface area contributed by atoms with Crippen molar-refractivity contribution in [3.8, 4) is 11.1 Å². The number of nitrogens with two attached hydrogens (primary N) is 1. The van der Waals surface area contributed by atoms with Crippen molar-refractivity contribution in [3.05, 3.63) is 42.6 Å². The van der Waals surface area contributed by atoms with Crippen LogP contribution in [0, 0.1) is 0 Å². The lowest BCUT2D eigenvalue weighted by Crippen LogP contribution is -2.13. The monoisotopic (exact) mass is 281 g/mol. The third kappa shape index (κ3) is 2.25. The first-order valence-electron chi connectivity index (χ1n) is 6.20. The molecule has 3 aromatic rings. The fourth-order valence-corrected chi connectivity index (χ4v) is 2.20. The molecule has 2 N–H and O–H groups in total. The van der Waals surface area contributed by atoms with Gasteiger partial charge < -0.3 is 10.5 Å². The van der Waals surface area contributed by atoms with E-state index in [1.807, 2.05) is 6.07 Å². The molecule has 21 heavy (non-hydrogen) atoms. The Bertz CT molecular complexity index is 826. The standard InChI is InChI=1S/C14H11N5O2/c15-14(21)13-11-5-9(10-6-16-8-17-7-10)1-2-12(11)19(18-13)3-4-20/h1-2,4-8H,3H2,(H2,15,21). The number of amides is 1. The quantitative estimate of drug-likeness (QED) is 0.712. The fraction of sp³-hybridized carbons (Fsp3) is 0.0714. The minimum Gasteiger partial charge on any atom is -0.364 e. The second-order valence-electron chi connectivity index (χ2n) is 4.42. The molecular weight excluding hydrogens is 270 g/mol. The molecule has 2 aromatic heterocycles.